The average Bonchev–Trinajstić information content (AvgIpc) is 2.68. The summed E-state index contributed by atoms with van der Waals surface area (Å²) in [5.41, 5.74) is 0.671. The number of halogens is 4. The molecule has 174 valence electrons. The molecule has 1 aromatic rings. The molecule has 2 heterocycles. The summed E-state index contributed by atoms with van der Waals surface area (Å²) in [4.78, 5) is 25.6. The van der Waals surface area contributed by atoms with E-state index in [0.29, 0.717) is 6.04 Å². The molecule has 1 amide bonds. The number of carbonyl (C=O) groups is 2. The summed E-state index contributed by atoms with van der Waals surface area (Å²) >= 11 is 0. The van der Waals surface area contributed by atoms with Crippen LogP contribution in [0.1, 0.15) is 31.2 Å². The summed E-state index contributed by atoms with van der Waals surface area (Å²) in [5, 5.41) is 7.12. The normalized spacial score (nSPS) is 20.9. The molecule has 1 N–H and O–H groups in total. The largest absolute Gasteiger partial charge is 0.490 e. The van der Waals surface area contributed by atoms with E-state index >= 15 is 0 Å². The number of hydrogen-bond acceptors (Lipinski definition) is 4. The van der Waals surface area contributed by atoms with Crippen molar-refractivity contribution in [1.82, 2.24) is 9.80 Å². The van der Waals surface area contributed by atoms with Gasteiger partial charge in [-0.2, -0.15) is 13.2 Å². The Balaban J connectivity index is 0.000000423. The number of ether oxygens (including phenoxy) is 1. The van der Waals surface area contributed by atoms with Gasteiger partial charge < -0.3 is 19.6 Å². The molecular formula is C21H28F4N2O4. The second-order valence-corrected chi connectivity index (χ2v) is 8.13. The fraction of sp³-hybridized carbons (Fsp3) is 0.619. The minimum atomic E-state index is -5.08. The van der Waals surface area contributed by atoms with Crippen molar-refractivity contribution in [3.63, 3.8) is 0 Å². The second kappa shape index (κ2) is 10.4. The third-order valence-electron chi connectivity index (χ3n) is 5.71. The van der Waals surface area contributed by atoms with Crippen LogP contribution in [-0.4, -0.2) is 78.4 Å². The van der Waals surface area contributed by atoms with Crippen LogP contribution in [-0.2, 0) is 20.7 Å². The summed E-state index contributed by atoms with van der Waals surface area (Å²) in [6.07, 6.45) is -0.896. The lowest BCUT2D eigenvalue weighted by Gasteiger charge is -2.47. The van der Waals surface area contributed by atoms with E-state index in [1.807, 2.05) is 4.90 Å². The zero-order valence-corrected chi connectivity index (χ0v) is 17.6. The maximum atomic E-state index is 13.3. The molecule has 2 saturated heterocycles. The molecule has 0 aliphatic carbocycles. The summed E-state index contributed by atoms with van der Waals surface area (Å²) < 4.78 is 51.1. The van der Waals surface area contributed by atoms with Gasteiger partial charge in [0.25, 0.3) is 0 Å². The van der Waals surface area contributed by atoms with Gasteiger partial charge in [0.15, 0.2) is 0 Å². The first-order valence-electron chi connectivity index (χ1n) is 10.0. The number of carboxylic acid groups (broad SMARTS) is 1. The molecule has 2 fully saturated rings. The molecule has 0 aromatic heterocycles. The highest BCUT2D eigenvalue weighted by molar-refractivity contribution is 5.78. The standard InChI is InChI=1S/C19H27FN2O2.C2HF3O2/c1-21(2)17-6-11-24-19(14-17)7-9-22(10-8-19)18(23)13-15-4-3-5-16(20)12-15;3-2(4,5)1(6)7/h3-5,12,17H,6-11,13-14H2,1-2H3;(H,6,7). The predicted octanol–water partition coefficient (Wildman–Crippen LogP) is 3.10. The molecule has 10 heteroatoms. The van der Waals surface area contributed by atoms with E-state index in [0.717, 1.165) is 50.9 Å². The van der Waals surface area contributed by atoms with Crippen LogP contribution in [0.5, 0.6) is 0 Å². The number of carboxylic acids is 1. The Morgan fingerprint density at radius 1 is 1.26 bits per heavy atom. The Morgan fingerprint density at radius 2 is 1.87 bits per heavy atom. The second-order valence-electron chi connectivity index (χ2n) is 8.13. The molecular weight excluding hydrogens is 420 g/mol. The summed E-state index contributed by atoms with van der Waals surface area (Å²) in [5.74, 6) is -2.97. The van der Waals surface area contributed by atoms with Gasteiger partial charge in [0.2, 0.25) is 5.91 Å². The van der Waals surface area contributed by atoms with E-state index in [4.69, 9.17) is 14.6 Å². The van der Waals surface area contributed by atoms with Crippen molar-refractivity contribution >= 4 is 11.9 Å². The van der Waals surface area contributed by atoms with Crippen LogP contribution in [0.25, 0.3) is 0 Å². The number of rotatable bonds is 3. The van der Waals surface area contributed by atoms with Crippen molar-refractivity contribution in [1.29, 1.82) is 0 Å². The third-order valence-corrected chi connectivity index (χ3v) is 5.71. The minimum Gasteiger partial charge on any atom is -0.475 e. The van der Waals surface area contributed by atoms with Gasteiger partial charge in [-0.15, -0.1) is 0 Å². The van der Waals surface area contributed by atoms with Crippen molar-refractivity contribution in [2.45, 2.75) is 49.9 Å². The molecule has 6 nitrogen and oxygen atoms in total. The minimum absolute atomic E-state index is 0.0666. The van der Waals surface area contributed by atoms with Gasteiger partial charge in [-0.25, -0.2) is 9.18 Å². The van der Waals surface area contributed by atoms with E-state index in [9.17, 15) is 22.4 Å². The zero-order chi connectivity index (χ0) is 23.2. The van der Waals surface area contributed by atoms with Crippen LogP contribution in [0.15, 0.2) is 24.3 Å². The average molecular weight is 448 g/mol. The van der Waals surface area contributed by atoms with E-state index < -0.39 is 12.1 Å². The molecule has 2 aliphatic heterocycles. The van der Waals surface area contributed by atoms with Gasteiger partial charge in [0.1, 0.15) is 5.82 Å². The highest BCUT2D eigenvalue weighted by Crippen LogP contribution is 2.36. The van der Waals surface area contributed by atoms with Crippen molar-refractivity contribution in [3.05, 3.63) is 35.6 Å². The number of alkyl halides is 3. The number of aliphatic carboxylic acids is 1. The number of nitrogens with zero attached hydrogens (tertiary/aromatic N) is 2. The fourth-order valence-electron chi connectivity index (χ4n) is 3.89. The molecule has 3 rings (SSSR count). The first kappa shape index (κ1) is 25.1. The molecule has 1 aromatic carbocycles. The fourth-order valence-corrected chi connectivity index (χ4v) is 3.89. The number of piperidine rings is 1. The van der Waals surface area contributed by atoms with Crippen molar-refractivity contribution in [2.75, 3.05) is 33.8 Å². The lowest BCUT2D eigenvalue weighted by atomic mass is 9.82. The van der Waals surface area contributed by atoms with Gasteiger partial charge in [0.05, 0.1) is 12.0 Å². The van der Waals surface area contributed by atoms with Crippen LogP contribution < -0.4 is 0 Å². The Kier molecular flexibility index (Phi) is 8.41. The number of likely N-dealkylation sites (tertiary alicyclic amines) is 1. The monoisotopic (exact) mass is 448 g/mol. The molecule has 1 atom stereocenters. The highest BCUT2D eigenvalue weighted by Gasteiger charge is 2.41. The van der Waals surface area contributed by atoms with Crippen molar-refractivity contribution in [3.8, 4) is 0 Å². The lowest BCUT2D eigenvalue weighted by molar-refractivity contribution is -0.192. The van der Waals surface area contributed by atoms with Gasteiger partial charge in [-0.3, -0.25) is 4.79 Å². The van der Waals surface area contributed by atoms with Crippen LogP contribution >= 0.6 is 0 Å². The number of carbonyl (C=O) groups excluding carboxylic acids is 1. The Labute approximate surface area is 178 Å². The third kappa shape index (κ3) is 7.46. The summed E-state index contributed by atoms with van der Waals surface area (Å²) in [7, 11) is 4.25. The molecule has 31 heavy (non-hydrogen) atoms. The van der Waals surface area contributed by atoms with E-state index in [1.54, 1.807) is 12.1 Å². The van der Waals surface area contributed by atoms with Crippen LogP contribution in [0, 0.1) is 5.82 Å². The summed E-state index contributed by atoms with van der Waals surface area (Å²) in [6.45, 7) is 2.27. The van der Waals surface area contributed by atoms with Gasteiger partial charge in [0, 0.05) is 25.7 Å². The molecule has 1 spiro atoms. The van der Waals surface area contributed by atoms with Crippen LogP contribution in [0.3, 0.4) is 0 Å². The lowest BCUT2D eigenvalue weighted by Crippen LogP contribution is -2.53. The van der Waals surface area contributed by atoms with E-state index in [1.165, 1.54) is 12.1 Å². The Hall–Kier alpha value is -2.20. The van der Waals surface area contributed by atoms with E-state index in [-0.39, 0.29) is 23.7 Å². The Morgan fingerprint density at radius 3 is 2.39 bits per heavy atom. The predicted molar refractivity (Wildman–Crippen MR) is 105 cm³/mol. The van der Waals surface area contributed by atoms with Crippen LogP contribution in [0.4, 0.5) is 17.6 Å². The van der Waals surface area contributed by atoms with Gasteiger partial charge in [-0.05, 0) is 57.5 Å². The molecule has 2 aliphatic rings. The quantitative estimate of drug-likeness (QED) is 0.720. The molecule has 0 radical (unpaired) electrons. The highest BCUT2D eigenvalue weighted by atomic mass is 19.4. The molecule has 1 unspecified atom stereocenters. The first-order valence-corrected chi connectivity index (χ1v) is 10.0. The maximum absolute atomic E-state index is 13.3. The zero-order valence-electron chi connectivity index (χ0n) is 17.6. The van der Waals surface area contributed by atoms with E-state index in [2.05, 4.69) is 19.0 Å². The Bertz CT molecular complexity index is 762. The molecule has 0 bridgehead atoms. The number of benzene rings is 1. The maximum Gasteiger partial charge on any atom is 0.490 e. The molecule has 0 saturated carbocycles. The number of amides is 1. The first-order chi connectivity index (χ1) is 14.4. The van der Waals surface area contributed by atoms with Gasteiger partial charge >= 0.3 is 12.1 Å². The van der Waals surface area contributed by atoms with Crippen molar-refractivity contribution < 1.29 is 37.0 Å². The van der Waals surface area contributed by atoms with Gasteiger partial charge in [-0.1, -0.05) is 12.1 Å². The summed E-state index contributed by atoms with van der Waals surface area (Å²) in [6, 6.07) is 6.86. The smallest absolute Gasteiger partial charge is 0.475 e. The van der Waals surface area contributed by atoms with Crippen molar-refractivity contribution in [2.24, 2.45) is 0 Å². The van der Waals surface area contributed by atoms with Crippen LogP contribution in [0.2, 0.25) is 0 Å². The SMILES string of the molecule is CN(C)C1CCOC2(CCN(C(=O)Cc3cccc(F)c3)CC2)C1.O=C(O)C(F)(F)F. The topological polar surface area (TPSA) is 70.1 Å². The number of hydrogen-bond donors (Lipinski definition) is 1.